The minimum atomic E-state index is 0.555. The largest absolute Gasteiger partial charge is 0.382 e. The highest BCUT2D eigenvalue weighted by molar-refractivity contribution is 6.18. The predicted octanol–water partition coefficient (Wildman–Crippen LogP) is 1.91. The average molecular weight is 181 g/mol. The summed E-state index contributed by atoms with van der Waals surface area (Å²) < 4.78 is 10.1. The van der Waals surface area contributed by atoms with Crippen molar-refractivity contribution in [2.24, 2.45) is 5.92 Å². The smallest absolute Gasteiger partial charge is 0.0700 e. The van der Waals surface area contributed by atoms with Crippen LogP contribution < -0.4 is 0 Å². The number of hydrogen-bond acceptors (Lipinski definition) is 2. The second-order valence-electron chi connectivity index (χ2n) is 2.65. The van der Waals surface area contributed by atoms with Gasteiger partial charge in [0.25, 0.3) is 0 Å². The SMILES string of the molecule is COCCOCCC(C)CCl. The highest BCUT2D eigenvalue weighted by Crippen LogP contribution is 2.03. The Morgan fingerprint density at radius 3 is 2.55 bits per heavy atom. The van der Waals surface area contributed by atoms with Crippen LogP contribution in [0.3, 0.4) is 0 Å². The van der Waals surface area contributed by atoms with Gasteiger partial charge in [0, 0.05) is 19.6 Å². The lowest BCUT2D eigenvalue weighted by Crippen LogP contribution is -2.06. The molecular weight excluding hydrogens is 164 g/mol. The van der Waals surface area contributed by atoms with Gasteiger partial charge in [0.2, 0.25) is 0 Å². The van der Waals surface area contributed by atoms with Gasteiger partial charge in [-0.15, -0.1) is 11.6 Å². The van der Waals surface area contributed by atoms with Crippen LogP contribution in [0.1, 0.15) is 13.3 Å². The van der Waals surface area contributed by atoms with Crippen LogP contribution in [0.5, 0.6) is 0 Å². The van der Waals surface area contributed by atoms with E-state index in [2.05, 4.69) is 6.92 Å². The quantitative estimate of drug-likeness (QED) is 0.440. The monoisotopic (exact) mass is 180 g/mol. The number of halogens is 1. The Morgan fingerprint density at radius 1 is 1.27 bits per heavy atom. The summed E-state index contributed by atoms with van der Waals surface area (Å²) in [6, 6.07) is 0. The molecule has 0 heterocycles. The summed E-state index contributed by atoms with van der Waals surface area (Å²) in [5.41, 5.74) is 0. The first-order valence-electron chi connectivity index (χ1n) is 3.94. The lowest BCUT2D eigenvalue weighted by atomic mass is 10.1. The highest BCUT2D eigenvalue weighted by Gasteiger charge is 1.98. The Bertz CT molecular complexity index is 78.5. The van der Waals surface area contributed by atoms with Crippen LogP contribution in [0.4, 0.5) is 0 Å². The molecule has 0 fully saturated rings. The van der Waals surface area contributed by atoms with Gasteiger partial charge in [-0.05, 0) is 12.3 Å². The molecule has 0 aliphatic rings. The van der Waals surface area contributed by atoms with Crippen LogP contribution in [0.15, 0.2) is 0 Å². The van der Waals surface area contributed by atoms with E-state index in [1.165, 1.54) is 0 Å². The summed E-state index contributed by atoms with van der Waals surface area (Å²) in [6.45, 7) is 4.27. The van der Waals surface area contributed by atoms with Gasteiger partial charge in [-0.2, -0.15) is 0 Å². The standard InChI is InChI=1S/C8H17ClO2/c1-8(7-9)3-4-11-6-5-10-2/h8H,3-7H2,1-2H3. The van der Waals surface area contributed by atoms with Crippen LogP contribution in [-0.2, 0) is 9.47 Å². The zero-order valence-corrected chi connectivity index (χ0v) is 8.06. The Morgan fingerprint density at radius 2 is 2.00 bits per heavy atom. The highest BCUT2D eigenvalue weighted by atomic mass is 35.5. The molecule has 11 heavy (non-hydrogen) atoms. The van der Waals surface area contributed by atoms with Crippen molar-refractivity contribution >= 4 is 11.6 Å². The molecule has 68 valence electrons. The number of ether oxygens (including phenoxy) is 2. The summed E-state index contributed by atoms with van der Waals surface area (Å²) in [7, 11) is 1.67. The van der Waals surface area contributed by atoms with Crippen molar-refractivity contribution in [2.75, 3.05) is 32.8 Å². The van der Waals surface area contributed by atoms with E-state index in [4.69, 9.17) is 21.1 Å². The first kappa shape index (κ1) is 11.2. The van der Waals surface area contributed by atoms with Crippen molar-refractivity contribution in [3.05, 3.63) is 0 Å². The van der Waals surface area contributed by atoms with Crippen molar-refractivity contribution < 1.29 is 9.47 Å². The molecular formula is C8H17ClO2. The molecule has 0 saturated heterocycles. The Kier molecular flexibility index (Phi) is 8.47. The Hall–Kier alpha value is 0.210. The van der Waals surface area contributed by atoms with Gasteiger partial charge in [-0.25, -0.2) is 0 Å². The van der Waals surface area contributed by atoms with Crippen molar-refractivity contribution in [2.45, 2.75) is 13.3 Å². The lowest BCUT2D eigenvalue weighted by Gasteiger charge is -2.07. The van der Waals surface area contributed by atoms with E-state index in [0.717, 1.165) is 13.0 Å². The molecule has 0 saturated carbocycles. The van der Waals surface area contributed by atoms with Crippen molar-refractivity contribution in [1.29, 1.82) is 0 Å². The Balaban J connectivity index is 2.89. The number of alkyl halides is 1. The van der Waals surface area contributed by atoms with E-state index in [0.29, 0.717) is 25.0 Å². The summed E-state index contributed by atoms with van der Waals surface area (Å²) in [5, 5.41) is 0. The number of hydrogen-bond donors (Lipinski definition) is 0. The molecule has 1 unspecified atom stereocenters. The Labute approximate surface area is 73.8 Å². The van der Waals surface area contributed by atoms with Crippen LogP contribution >= 0.6 is 11.6 Å². The molecule has 3 heteroatoms. The molecule has 0 aromatic heterocycles. The van der Waals surface area contributed by atoms with E-state index in [1.54, 1.807) is 7.11 Å². The van der Waals surface area contributed by atoms with E-state index < -0.39 is 0 Å². The molecule has 0 N–H and O–H groups in total. The van der Waals surface area contributed by atoms with Crippen LogP contribution in [-0.4, -0.2) is 32.8 Å². The van der Waals surface area contributed by atoms with Gasteiger partial charge in [-0.3, -0.25) is 0 Å². The van der Waals surface area contributed by atoms with Gasteiger partial charge < -0.3 is 9.47 Å². The zero-order valence-electron chi connectivity index (χ0n) is 7.31. The molecule has 0 aromatic rings. The minimum Gasteiger partial charge on any atom is -0.382 e. The van der Waals surface area contributed by atoms with Crippen molar-refractivity contribution in [3.63, 3.8) is 0 Å². The first-order chi connectivity index (χ1) is 5.31. The van der Waals surface area contributed by atoms with Gasteiger partial charge in [-0.1, -0.05) is 6.92 Å². The number of rotatable bonds is 7. The number of methoxy groups -OCH3 is 1. The maximum atomic E-state index is 5.61. The molecule has 0 aromatic carbocycles. The van der Waals surface area contributed by atoms with Gasteiger partial charge in [0.1, 0.15) is 0 Å². The van der Waals surface area contributed by atoms with Crippen LogP contribution in [0.2, 0.25) is 0 Å². The van der Waals surface area contributed by atoms with E-state index >= 15 is 0 Å². The molecule has 0 radical (unpaired) electrons. The fraction of sp³-hybridized carbons (Fsp3) is 1.00. The minimum absolute atomic E-state index is 0.555. The summed E-state index contributed by atoms with van der Waals surface area (Å²) in [5.74, 6) is 1.27. The summed E-state index contributed by atoms with van der Waals surface area (Å²) in [6.07, 6.45) is 1.03. The predicted molar refractivity (Wildman–Crippen MR) is 47.2 cm³/mol. The second-order valence-corrected chi connectivity index (χ2v) is 2.96. The van der Waals surface area contributed by atoms with Gasteiger partial charge in [0.15, 0.2) is 0 Å². The van der Waals surface area contributed by atoms with E-state index in [-0.39, 0.29) is 0 Å². The third-order valence-corrected chi connectivity index (χ3v) is 1.98. The van der Waals surface area contributed by atoms with Crippen LogP contribution in [0.25, 0.3) is 0 Å². The average Bonchev–Trinajstić information content (AvgIpc) is 2.04. The van der Waals surface area contributed by atoms with Gasteiger partial charge in [0.05, 0.1) is 13.2 Å². The third-order valence-electron chi connectivity index (χ3n) is 1.45. The van der Waals surface area contributed by atoms with Crippen molar-refractivity contribution in [3.8, 4) is 0 Å². The maximum absolute atomic E-state index is 5.61. The fourth-order valence-electron chi connectivity index (χ4n) is 0.606. The topological polar surface area (TPSA) is 18.5 Å². The van der Waals surface area contributed by atoms with Crippen LogP contribution in [0, 0.1) is 5.92 Å². The molecule has 0 aliphatic carbocycles. The zero-order chi connectivity index (χ0) is 8.53. The van der Waals surface area contributed by atoms with Gasteiger partial charge >= 0.3 is 0 Å². The molecule has 0 aliphatic heterocycles. The molecule has 0 spiro atoms. The fourth-order valence-corrected chi connectivity index (χ4v) is 0.760. The molecule has 0 amide bonds. The van der Waals surface area contributed by atoms with E-state index in [1.807, 2.05) is 0 Å². The third kappa shape index (κ3) is 8.11. The molecule has 2 nitrogen and oxygen atoms in total. The maximum Gasteiger partial charge on any atom is 0.0700 e. The molecule has 0 bridgehead atoms. The summed E-state index contributed by atoms with van der Waals surface area (Å²) >= 11 is 5.61. The molecule has 1 atom stereocenters. The van der Waals surface area contributed by atoms with E-state index in [9.17, 15) is 0 Å². The normalized spacial score (nSPS) is 13.4. The van der Waals surface area contributed by atoms with Crippen molar-refractivity contribution in [1.82, 2.24) is 0 Å². The summed E-state index contributed by atoms with van der Waals surface area (Å²) in [4.78, 5) is 0. The second kappa shape index (κ2) is 8.31. The first-order valence-corrected chi connectivity index (χ1v) is 4.47. The lowest BCUT2D eigenvalue weighted by molar-refractivity contribution is 0.0655. The molecule has 0 rings (SSSR count).